The lowest BCUT2D eigenvalue weighted by atomic mass is 10.2. The molecule has 7 nitrogen and oxygen atoms in total. The number of benzene rings is 4. The Morgan fingerprint density at radius 3 is 1.69 bits per heavy atom. The van der Waals surface area contributed by atoms with Crippen LogP contribution in [0.25, 0.3) is 11.0 Å². The summed E-state index contributed by atoms with van der Waals surface area (Å²) in [6.07, 6.45) is 0. The molecule has 0 aliphatic rings. The van der Waals surface area contributed by atoms with Crippen molar-refractivity contribution in [3.05, 3.63) is 127 Å². The first-order valence-corrected chi connectivity index (χ1v) is 14.2. The minimum absolute atomic E-state index is 0.111. The van der Waals surface area contributed by atoms with E-state index in [1.165, 1.54) is 14.2 Å². The number of hydrogen-bond acceptors (Lipinski definition) is 6. The number of anilines is 1. The molecule has 0 radical (unpaired) electrons. The van der Waals surface area contributed by atoms with Crippen molar-refractivity contribution in [3.63, 3.8) is 0 Å². The molecule has 0 amide bonds. The van der Waals surface area contributed by atoms with Gasteiger partial charge in [-0.15, -0.1) is 0 Å². The second kappa shape index (κ2) is 11.0. The first-order valence-electron chi connectivity index (χ1n) is 12.4. The second-order valence-electron chi connectivity index (χ2n) is 8.83. The highest BCUT2D eigenvalue weighted by Gasteiger charge is 2.58. The van der Waals surface area contributed by atoms with E-state index in [0.717, 1.165) is 15.9 Å². The molecule has 0 saturated carbocycles. The number of esters is 1. The molecule has 0 aliphatic heterocycles. The minimum Gasteiger partial charge on any atom is -0.478 e. The Hall–Kier alpha value is -4.61. The number of methoxy groups -OCH3 is 2. The topological polar surface area (TPSA) is 99.6 Å². The maximum atomic E-state index is 13.9. The highest BCUT2D eigenvalue weighted by molar-refractivity contribution is 7.99. The van der Waals surface area contributed by atoms with Crippen LogP contribution in [0.2, 0.25) is 0 Å². The molecule has 0 bridgehead atoms. The Balaban J connectivity index is 1.99. The minimum atomic E-state index is -3.00. The molecule has 1 aromatic heterocycles. The third kappa shape index (κ3) is 4.41. The van der Waals surface area contributed by atoms with Crippen LogP contribution in [0.5, 0.6) is 0 Å². The first-order chi connectivity index (χ1) is 19.0. The Morgan fingerprint density at radius 1 is 0.769 bits per heavy atom. The van der Waals surface area contributed by atoms with Crippen molar-refractivity contribution in [1.82, 2.24) is 9.55 Å². The van der Waals surface area contributed by atoms with Gasteiger partial charge in [-0.25, -0.2) is 9.78 Å². The van der Waals surface area contributed by atoms with Crippen LogP contribution in [-0.2, 0) is 14.3 Å². The van der Waals surface area contributed by atoms with Crippen LogP contribution in [0.1, 0.15) is 6.04 Å². The molecule has 3 N–H and O–H groups in total. The number of para-hydroxylation sites is 2. The molecule has 1 unspecified atom stereocenters. The van der Waals surface area contributed by atoms with Crippen molar-refractivity contribution < 1.29 is 19.4 Å². The van der Waals surface area contributed by atoms with Gasteiger partial charge in [0.15, 0.2) is 7.26 Å². The standard InChI is InChI=1S/C31H28N3O4P/c1-37-29(35)27(34-26-21-13-12-20-25(26)33-31(34)32)28(30(36)38-2)39(22-14-6-3-7-15-22,23-16-8-4-9-17-23)24-18-10-5-11-19-24/h3-21,27H,1-2H3,(H2-,32,33,36)/p+1/b30-28-. The van der Waals surface area contributed by atoms with Gasteiger partial charge in [-0.3, -0.25) is 4.57 Å². The number of carbonyl (C=O) groups is 1. The van der Waals surface area contributed by atoms with Gasteiger partial charge < -0.3 is 20.3 Å². The Morgan fingerprint density at radius 2 is 1.23 bits per heavy atom. The lowest BCUT2D eigenvalue weighted by Gasteiger charge is -2.33. The van der Waals surface area contributed by atoms with Gasteiger partial charge in [-0.1, -0.05) is 66.7 Å². The number of carbonyl (C=O) groups excluding carboxylic acids is 1. The van der Waals surface area contributed by atoms with Gasteiger partial charge >= 0.3 is 11.9 Å². The number of hydrogen-bond donors (Lipinski definition) is 2. The summed E-state index contributed by atoms with van der Waals surface area (Å²) in [5, 5.41) is 14.8. The molecule has 5 rings (SSSR count). The molecule has 5 aromatic rings. The molecular formula is C31H29N3O4P+. The van der Waals surface area contributed by atoms with Crippen molar-refractivity contribution in [2.75, 3.05) is 20.0 Å². The monoisotopic (exact) mass is 538 g/mol. The van der Waals surface area contributed by atoms with E-state index in [1.54, 1.807) is 4.57 Å². The van der Waals surface area contributed by atoms with E-state index in [0.29, 0.717) is 16.3 Å². The van der Waals surface area contributed by atoms with Crippen molar-refractivity contribution in [2.24, 2.45) is 0 Å². The highest BCUT2D eigenvalue weighted by Crippen LogP contribution is 2.66. The van der Waals surface area contributed by atoms with Crippen LogP contribution >= 0.6 is 7.26 Å². The van der Waals surface area contributed by atoms with E-state index in [9.17, 15) is 9.90 Å². The molecule has 8 heteroatoms. The van der Waals surface area contributed by atoms with Crippen molar-refractivity contribution in [3.8, 4) is 0 Å². The number of imidazole rings is 1. The van der Waals surface area contributed by atoms with Crippen molar-refractivity contribution in [1.29, 1.82) is 0 Å². The zero-order valence-corrected chi connectivity index (χ0v) is 22.5. The maximum absolute atomic E-state index is 13.9. The number of fused-ring (bicyclic) bond motifs is 1. The van der Waals surface area contributed by atoms with Gasteiger partial charge in [-0.05, 0) is 48.5 Å². The molecule has 4 aromatic carbocycles. The van der Waals surface area contributed by atoms with Gasteiger partial charge in [0.2, 0.25) is 17.3 Å². The quantitative estimate of drug-likeness (QED) is 0.169. The number of nitrogens with two attached hydrogens (primary N) is 1. The SMILES string of the molecule is COC(=O)C(/C(=C(\O)OC)[P+](c1ccccc1)(c1ccccc1)c1ccccc1)n1c(N)nc2ccccc21. The van der Waals surface area contributed by atoms with Crippen LogP contribution in [0.15, 0.2) is 127 Å². The summed E-state index contributed by atoms with van der Waals surface area (Å²) in [4.78, 5) is 18.4. The van der Waals surface area contributed by atoms with E-state index >= 15 is 0 Å². The molecule has 0 aliphatic carbocycles. The van der Waals surface area contributed by atoms with Crippen molar-refractivity contribution >= 4 is 46.1 Å². The fourth-order valence-corrected chi connectivity index (χ4v) is 9.71. The van der Waals surface area contributed by atoms with Crippen LogP contribution in [-0.4, -0.2) is 34.8 Å². The summed E-state index contributed by atoms with van der Waals surface area (Å²) in [5.41, 5.74) is 7.74. The van der Waals surface area contributed by atoms with E-state index in [4.69, 9.17) is 15.2 Å². The van der Waals surface area contributed by atoms with Crippen LogP contribution in [0.3, 0.4) is 0 Å². The molecule has 39 heavy (non-hydrogen) atoms. The van der Waals surface area contributed by atoms with Gasteiger partial charge in [0.05, 0.1) is 25.3 Å². The average molecular weight is 539 g/mol. The number of rotatable bonds is 8. The predicted octanol–water partition coefficient (Wildman–Crippen LogP) is 4.70. The number of aliphatic hydroxyl groups excluding tert-OH is 1. The molecule has 1 heterocycles. The maximum Gasteiger partial charge on any atom is 0.337 e. The predicted molar refractivity (Wildman–Crippen MR) is 157 cm³/mol. The smallest absolute Gasteiger partial charge is 0.337 e. The first kappa shape index (κ1) is 26.0. The molecular weight excluding hydrogens is 509 g/mol. The Bertz CT molecular complexity index is 1520. The van der Waals surface area contributed by atoms with Gasteiger partial charge in [0.1, 0.15) is 15.9 Å². The van der Waals surface area contributed by atoms with E-state index in [-0.39, 0.29) is 11.9 Å². The number of nitrogens with zero attached hydrogens (tertiary/aromatic N) is 2. The molecule has 0 fully saturated rings. The zero-order valence-electron chi connectivity index (χ0n) is 21.6. The fraction of sp³-hybridized carbons (Fsp3) is 0.0968. The fourth-order valence-electron chi connectivity index (χ4n) is 5.15. The van der Waals surface area contributed by atoms with E-state index in [2.05, 4.69) is 4.98 Å². The molecule has 196 valence electrons. The summed E-state index contributed by atoms with van der Waals surface area (Å²) in [7, 11) is -0.296. The number of ether oxygens (including phenoxy) is 2. The van der Waals surface area contributed by atoms with Crippen LogP contribution in [0, 0.1) is 0 Å². The lowest BCUT2D eigenvalue weighted by Crippen LogP contribution is -2.38. The van der Waals surface area contributed by atoms with Gasteiger partial charge in [0, 0.05) is 0 Å². The highest BCUT2D eigenvalue weighted by atomic mass is 31.2. The Kier molecular flexibility index (Phi) is 7.35. The number of aromatic nitrogens is 2. The summed E-state index contributed by atoms with van der Waals surface area (Å²) in [6, 6.07) is 35.8. The summed E-state index contributed by atoms with van der Waals surface area (Å²) in [5.74, 6) is -0.886. The summed E-state index contributed by atoms with van der Waals surface area (Å²) >= 11 is 0. The van der Waals surface area contributed by atoms with Gasteiger partial charge in [-0.2, -0.15) is 0 Å². The van der Waals surface area contributed by atoms with E-state index in [1.807, 2.05) is 115 Å². The molecule has 1 atom stereocenters. The number of aliphatic hydroxyl groups is 1. The largest absolute Gasteiger partial charge is 0.478 e. The van der Waals surface area contributed by atoms with E-state index < -0.39 is 19.3 Å². The Labute approximate surface area is 227 Å². The normalized spacial score (nSPS) is 13.0. The molecule has 0 spiro atoms. The van der Waals surface area contributed by atoms with Gasteiger partial charge in [0.25, 0.3) is 0 Å². The second-order valence-corrected chi connectivity index (χ2v) is 12.2. The van der Waals surface area contributed by atoms with Crippen LogP contribution in [0.4, 0.5) is 5.95 Å². The third-order valence-electron chi connectivity index (χ3n) is 6.77. The number of nitrogen functional groups attached to an aromatic ring is 1. The lowest BCUT2D eigenvalue weighted by molar-refractivity contribution is -0.143. The summed E-state index contributed by atoms with van der Waals surface area (Å²) < 4.78 is 12.6. The van der Waals surface area contributed by atoms with Crippen LogP contribution < -0.4 is 21.6 Å². The van der Waals surface area contributed by atoms with Crippen molar-refractivity contribution in [2.45, 2.75) is 6.04 Å². The average Bonchev–Trinajstić information content (AvgIpc) is 3.33. The molecule has 0 saturated heterocycles. The summed E-state index contributed by atoms with van der Waals surface area (Å²) in [6.45, 7) is 0. The zero-order chi connectivity index (χ0) is 27.4. The third-order valence-corrected chi connectivity index (χ3v) is 11.1.